The number of carbonyl (C=O) groups excluding carboxylic acids is 3. The third-order valence-electron chi connectivity index (χ3n) is 6.18. The van der Waals surface area contributed by atoms with Crippen LogP contribution in [0.5, 0.6) is 0 Å². The molecule has 1 fully saturated rings. The van der Waals surface area contributed by atoms with Crippen molar-refractivity contribution in [1.29, 1.82) is 0 Å². The van der Waals surface area contributed by atoms with Gasteiger partial charge in [0.2, 0.25) is 15.9 Å². The summed E-state index contributed by atoms with van der Waals surface area (Å²) in [6.07, 6.45) is -0.382. The molecule has 198 valence electrons. The number of carbonyl (C=O) groups is 3. The van der Waals surface area contributed by atoms with Crippen LogP contribution >= 0.6 is 23.2 Å². The van der Waals surface area contributed by atoms with E-state index in [2.05, 4.69) is 0 Å². The lowest BCUT2D eigenvalue weighted by atomic mass is 10.1. The molecule has 8 nitrogen and oxygen atoms in total. The number of anilines is 1. The lowest BCUT2D eigenvalue weighted by Gasteiger charge is -2.32. The van der Waals surface area contributed by atoms with Crippen LogP contribution in [0, 0.1) is 0 Å². The predicted octanol–water partition coefficient (Wildman–Crippen LogP) is 5.25. The summed E-state index contributed by atoms with van der Waals surface area (Å²) in [4.78, 5) is 39.5. The zero-order valence-electron chi connectivity index (χ0n) is 20.5. The van der Waals surface area contributed by atoms with Crippen molar-refractivity contribution in [2.24, 2.45) is 0 Å². The molecule has 2 unspecified atom stereocenters. The third kappa shape index (κ3) is 5.33. The van der Waals surface area contributed by atoms with Crippen molar-refractivity contribution >= 4 is 56.7 Å². The highest BCUT2D eigenvalue weighted by Crippen LogP contribution is 2.38. The fourth-order valence-electron chi connectivity index (χ4n) is 4.36. The number of benzene rings is 3. The number of ether oxygens (including phenoxy) is 1. The summed E-state index contributed by atoms with van der Waals surface area (Å²) in [6, 6.07) is 16.4. The topological polar surface area (TPSA) is 101 Å². The molecule has 0 saturated carbocycles. The van der Waals surface area contributed by atoms with Gasteiger partial charge in [-0.1, -0.05) is 53.5 Å². The molecule has 3 aromatic carbocycles. The molecular formula is C27H24Cl2N2O6S. The number of imide groups is 1. The second-order valence-electron chi connectivity index (χ2n) is 8.55. The molecule has 0 radical (unpaired) electrons. The molecule has 2 amide bonds. The number of hydrogen-bond donors (Lipinski definition) is 0. The Morgan fingerprint density at radius 1 is 1.05 bits per heavy atom. The first-order valence-corrected chi connectivity index (χ1v) is 13.9. The molecule has 1 saturated heterocycles. The first-order valence-electron chi connectivity index (χ1n) is 11.7. The maximum absolute atomic E-state index is 14.0. The summed E-state index contributed by atoms with van der Waals surface area (Å²) >= 11 is 12.4. The number of amides is 2. The maximum atomic E-state index is 14.0. The van der Waals surface area contributed by atoms with Crippen LogP contribution in [-0.2, 0) is 24.3 Å². The van der Waals surface area contributed by atoms with Gasteiger partial charge in [-0.15, -0.1) is 0 Å². The van der Waals surface area contributed by atoms with Gasteiger partial charge < -0.3 is 4.74 Å². The summed E-state index contributed by atoms with van der Waals surface area (Å²) in [7, 11) is -4.42. The summed E-state index contributed by atoms with van der Waals surface area (Å²) in [5.74, 6) is -1.84. The molecule has 11 heteroatoms. The minimum absolute atomic E-state index is 0.0668. The average molecular weight is 575 g/mol. The Morgan fingerprint density at radius 3 is 2.34 bits per heavy atom. The largest absolute Gasteiger partial charge is 0.462 e. The quantitative estimate of drug-likeness (QED) is 0.269. The first kappa shape index (κ1) is 27.8. The summed E-state index contributed by atoms with van der Waals surface area (Å²) < 4.78 is 34.1. The van der Waals surface area contributed by atoms with Crippen LogP contribution < -0.4 is 4.90 Å². The van der Waals surface area contributed by atoms with Crippen LogP contribution in [0.4, 0.5) is 5.69 Å². The molecule has 2 atom stereocenters. The average Bonchev–Trinajstić information content (AvgIpc) is 3.19. The van der Waals surface area contributed by atoms with E-state index in [0.717, 1.165) is 9.21 Å². The van der Waals surface area contributed by atoms with Gasteiger partial charge in [-0.25, -0.2) is 18.1 Å². The first-order chi connectivity index (χ1) is 18.1. The highest BCUT2D eigenvalue weighted by atomic mass is 35.5. The molecule has 0 bridgehead atoms. The van der Waals surface area contributed by atoms with Gasteiger partial charge >= 0.3 is 5.97 Å². The van der Waals surface area contributed by atoms with Gasteiger partial charge in [0.15, 0.2) is 0 Å². The Bertz CT molecular complexity index is 1480. The van der Waals surface area contributed by atoms with Gasteiger partial charge in [-0.3, -0.25) is 9.59 Å². The number of sulfonamides is 1. The Labute approximate surface area is 230 Å². The molecule has 0 aromatic heterocycles. The molecule has 4 rings (SSSR count). The van der Waals surface area contributed by atoms with Crippen molar-refractivity contribution in [2.45, 2.75) is 37.2 Å². The smallest absolute Gasteiger partial charge is 0.338 e. The van der Waals surface area contributed by atoms with Crippen LogP contribution in [-0.4, -0.2) is 43.2 Å². The van der Waals surface area contributed by atoms with Crippen LogP contribution in [0.15, 0.2) is 77.7 Å². The number of halogens is 2. The number of esters is 1. The lowest BCUT2D eigenvalue weighted by Crippen LogP contribution is -2.46. The van der Waals surface area contributed by atoms with Gasteiger partial charge in [0.05, 0.1) is 29.3 Å². The van der Waals surface area contributed by atoms with Crippen LogP contribution in [0.1, 0.15) is 42.2 Å². The molecule has 0 N–H and O–H groups in total. The highest BCUT2D eigenvalue weighted by molar-refractivity contribution is 7.89. The third-order valence-corrected chi connectivity index (χ3v) is 8.88. The van der Waals surface area contributed by atoms with Crippen LogP contribution in [0.3, 0.4) is 0 Å². The van der Waals surface area contributed by atoms with E-state index in [4.69, 9.17) is 27.9 Å². The fourth-order valence-corrected chi connectivity index (χ4v) is 6.86. The van der Waals surface area contributed by atoms with Gasteiger partial charge in [0, 0.05) is 11.1 Å². The van der Waals surface area contributed by atoms with Gasteiger partial charge in [-0.05, 0) is 61.9 Å². The minimum atomic E-state index is -4.42. The summed E-state index contributed by atoms with van der Waals surface area (Å²) in [5.41, 5.74) is 1.08. The second-order valence-corrected chi connectivity index (χ2v) is 11.2. The Hall–Kier alpha value is -3.24. The van der Waals surface area contributed by atoms with E-state index < -0.39 is 39.9 Å². The Balaban J connectivity index is 1.76. The molecule has 1 aliphatic heterocycles. The number of hydrogen-bond acceptors (Lipinski definition) is 6. The van der Waals surface area contributed by atoms with Crippen molar-refractivity contribution in [1.82, 2.24) is 4.31 Å². The molecule has 38 heavy (non-hydrogen) atoms. The molecule has 0 aliphatic carbocycles. The van der Waals surface area contributed by atoms with Gasteiger partial charge in [0.25, 0.3) is 5.91 Å². The zero-order valence-corrected chi connectivity index (χ0v) is 22.8. The van der Waals surface area contributed by atoms with Crippen molar-refractivity contribution in [3.8, 4) is 0 Å². The van der Waals surface area contributed by atoms with Gasteiger partial charge in [0.1, 0.15) is 10.9 Å². The number of rotatable bonds is 8. The van der Waals surface area contributed by atoms with E-state index >= 15 is 0 Å². The minimum Gasteiger partial charge on any atom is -0.462 e. The Kier molecular flexibility index (Phi) is 8.22. The highest BCUT2D eigenvalue weighted by Gasteiger charge is 2.49. The SMILES string of the molecule is CCOC(=O)c1ccc(N2C(=O)CC(N(C(C)c3ccccc3)S(=O)(=O)c3cc(Cl)ccc3Cl)C2=O)cc1. The van der Waals surface area contributed by atoms with Crippen molar-refractivity contribution in [3.05, 3.63) is 94.0 Å². The molecular weight excluding hydrogens is 551 g/mol. The van der Waals surface area contributed by atoms with Crippen LogP contribution in [0.25, 0.3) is 0 Å². The molecule has 3 aromatic rings. The number of nitrogens with zero attached hydrogens (tertiary/aromatic N) is 2. The monoisotopic (exact) mass is 574 g/mol. The standard InChI is InChI=1S/C27H24Cl2N2O6S/c1-3-37-27(34)19-9-12-21(13-10-19)30-25(32)16-23(26(30)33)31(17(2)18-7-5-4-6-8-18)38(35,36)24-15-20(28)11-14-22(24)29/h4-15,17,23H,3,16H2,1-2H3. The van der Waals surface area contributed by atoms with Crippen molar-refractivity contribution < 1.29 is 27.5 Å². The Morgan fingerprint density at radius 2 is 1.71 bits per heavy atom. The van der Waals surface area contributed by atoms with E-state index in [0.29, 0.717) is 5.56 Å². The van der Waals surface area contributed by atoms with Crippen molar-refractivity contribution in [2.75, 3.05) is 11.5 Å². The predicted molar refractivity (Wildman–Crippen MR) is 144 cm³/mol. The molecule has 1 aliphatic rings. The zero-order chi connectivity index (χ0) is 27.6. The van der Waals surface area contributed by atoms with E-state index in [1.807, 2.05) is 0 Å². The van der Waals surface area contributed by atoms with E-state index in [1.165, 1.54) is 42.5 Å². The van der Waals surface area contributed by atoms with Gasteiger partial charge in [-0.2, -0.15) is 4.31 Å². The summed E-state index contributed by atoms with van der Waals surface area (Å²) in [6.45, 7) is 3.52. The van der Waals surface area contributed by atoms with E-state index in [-0.39, 0.29) is 39.2 Å². The van der Waals surface area contributed by atoms with Crippen LogP contribution in [0.2, 0.25) is 10.0 Å². The summed E-state index contributed by atoms with van der Waals surface area (Å²) in [5, 5.41) is 0.0836. The van der Waals surface area contributed by atoms with E-state index in [9.17, 15) is 22.8 Å². The van der Waals surface area contributed by atoms with E-state index in [1.54, 1.807) is 44.2 Å². The lowest BCUT2D eigenvalue weighted by molar-refractivity contribution is -0.122. The normalized spacial score (nSPS) is 16.7. The molecule has 0 spiro atoms. The van der Waals surface area contributed by atoms with Crippen molar-refractivity contribution in [3.63, 3.8) is 0 Å². The fraction of sp³-hybridized carbons (Fsp3) is 0.222. The molecule has 1 heterocycles. The maximum Gasteiger partial charge on any atom is 0.338 e. The second kappa shape index (κ2) is 11.2.